The minimum Gasteiger partial charge on any atom is -0.494 e. The van der Waals surface area contributed by atoms with Crippen LogP contribution >= 0.6 is 0 Å². The van der Waals surface area contributed by atoms with Crippen LogP contribution in [0.1, 0.15) is 29.6 Å². The van der Waals surface area contributed by atoms with Crippen molar-refractivity contribution in [1.82, 2.24) is 4.90 Å². The number of nitrogens with zero attached hydrogens (tertiary/aromatic N) is 1. The first kappa shape index (κ1) is 17.2. The maximum Gasteiger partial charge on any atom is 0.257 e. The number of halogens is 1. The van der Waals surface area contributed by atoms with Gasteiger partial charge in [-0.2, -0.15) is 0 Å². The summed E-state index contributed by atoms with van der Waals surface area (Å²) in [6, 6.07) is 4.58. The molecule has 0 radical (unpaired) electrons. The second kappa shape index (κ2) is 7.49. The number of morpholine rings is 1. The van der Waals surface area contributed by atoms with Crippen molar-refractivity contribution in [2.45, 2.75) is 31.4 Å². The van der Waals surface area contributed by atoms with Gasteiger partial charge >= 0.3 is 0 Å². The Hall–Kier alpha value is -1.66. The van der Waals surface area contributed by atoms with Crippen LogP contribution in [0, 0.1) is 11.7 Å². The predicted molar refractivity (Wildman–Crippen MR) is 86.7 cm³/mol. The van der Waals surface area contributed by atoms with Crippen LogP contribution in [0.15, 0.2) is 18.2 Å². The molecule has 5 nitrogen and oxygen atoms in total. The van der Waals surface area contributed by atoms with Crippen molar-refractivity contribution in [3.8, 4) is 5.75 Å². The lowest BCUT2D eigenvalue weighted by atomic mass is 9.93. The van der Waals surface area contributed by atoms with E-state index < -0.39 is 5.82 Å². The number of methoxy groups -OCH3 is 2. The first-order valence-corrected chi connectivity index (χ1v) is 8.41. The average molecular weight is 337 g/mol. The SMILES string of the molecule is COc1cccc(C(=O)N2CCOCC2C2CCCC2OC)c1F. The van der Waals surface area contributed by atoms with Gasteiger partial charge in [-0.25, -0.2) is 4.39 Å². The molecule has 1 aliphatic heterocycles. The fourth-order valence-corrected chi connectivity index (χ4v) is 3.91. The third kappa shape index (κ3) is 3.13. The van der Waals surface area contributed by atoms with Crippen molar-refractivity contribution < 1.29 is 23.4 Å². The zero-order chi connectivity index (χ0) is 17.1. The van der Waals surface area contributed by atoms with E-state index in [1.807, 2.05) is 0 Å². The van der Waals surface area contributed by atoms with E-state index >= 15 is 0 Å². The van der Waals surface area contributed by atoms with E-state index in [9.17, 15) is 9.18 Å². The number of hydrogen-bond donors (Lipinski definition) is 0. The van der Waals surface area contributed by atoms with Crippen molar-refractivity contribution in [3.63, 3.8) is 0 Å². The molecule has 24 heavy (non-hydrogen) atoms. The van der Waals surface area contributed by atoms with Crippen molar-refractivity contribution in [1.29, 1.82) is 0 Å². The number of carbonyl (C=O) groups excluding carboxylic acids is 1. The fourth-order valence-electron chi connectivity index (χ4n) is 3.91. The monoisotopic (exact) mass is 337 g/mol. The van der Waals surface area contributed by atoms with Gasteiger partial charge < -0.3 is 19.1 Å². The molecule has 2 aliphatic rings. The number of carbonyl (C=O) groups is 1. The minimum absolute atomic E-state index is 0.0493. The molecule has 0 N–H and O–H groups in total. The van der Waals surface area contributed by atoms with Gasteiger partial charge in [0.2, 0.25) is 0 Å². The number of hydrogen-bond acceptors (Lipinski definition) is 4. The highest BCUT2D eigenvalue weighted by molar-refractivity contribution is 5.95. The molecule has 1 aliphatic carbocycles. The molecule has 1 saturated heterocycles. The Bertz CT molecular complexity index is 594. The highest BCUT2D eigenvalue weighted by atomic mass is 19.1. The first-order valence-electron chi connectivity index (χ1n) is 8.41. The maximum atomic E-state index is 14.5. The Morgan fingerprint density at radius 1 is 1.33 bits per heavy atom. The molecule has 132 valence electrons. The molecule has 0 bridgehead atoms. The van der Waals surface area contributed by atoms with Crippen LogP contribution in [0.2, 0.25) is 0 Å². The third-order valence-corrected chi connectivity index (χ3v) is 5.14. The lowest BCUT2D eigenvalue weighted by Gasteiger charge is -2.40. The molecule has 2 fully saturated rings. The van der Waals surface area contributed by atoms with Gasteiger partial charge in [0, 0.05) is 19.6 Å². The molecule has 3 atom stereocenters. The van der Waals surface area contributed by atoms with Crippen LogP contribution < -0.4 is 4.74 Å². The summed E-state index contributed by atoms with van der Waals surface area (Å²) in [5.74, 6) is -0.597. The Morgan fingerprint density at radius 2 is 2.17 bits per heavy atom. The van der Waals surface area contributed by atoms with Crippen LogP contribution in [0.25, 0.3) is 0 Å². The van der Waals surface area contributed by atoms with Crippen LogP contribution in [-0.4, -0.2) is 56.9 Å². The molecule has 3 unspecified atom stereocenters. The number of ether oxygens (including phenoxy) is 3. The van der Waals surface area contributed by atoms with E-state index in [4.69, 9.17) is 14.2 Å². The molecule has 1 aromatic rings. The fraction of sp³-hybridized carbons (Fsp3) is 0.611. The largest absolute Gasteiger partial charge is 0.494 e. The summed E-state index contributed by atoms with van der Waals surface area (Å²) in [7, 11) is 3.10. The molecule has 6 heteroatoms. The summed E-state index contributed by atoms with van der Waals surface area (Å²) in [5, 5.41) is 0. The van der Waals surface area contributed by atoms with Crippen molar-refractivity contribution >= 4 is 5.91 Å². The first-order chi connectivity index (χ1) is 11.7. The highest BCUT2D eigenvalue weighted by Crippen LogP contribution is 2.35. The molecular weight excluding hydrogens is 313 g/mol. The zero-order valence-electron chi connectivity index (χ0n) is 14.2. The number of benzene rings is 1. The van der Waals surface area contributed by atoms with Gasteiger partial charge in [0.1, 0.15) is 0 Å². The van der Waals surface area contributed by atoms with Crippen LogP contribution in [0.5, 0.6) is 5.75 Å². The summed E-state index contributed by atoms with van der Waals surface area (Å²) in [6.45, 7) is 1.41. The van der Waals surface area contributed by atoms with E-state index in [0.29, 0.717) is 19.8 Å². The van der Waals surface area contributed by atoms with Crippen LogP contribution in [-0.2, 0) is 9.47 Å². The summed E-state index contributed by atoms with van der Waals surface area (Å²) in [6.07, 6.45) is 3.20. The van der Waals surface area contributed by atoms with Crippen LogP contribution in [0.3, 0.4) is 0 Å². The molecule has 1 amide bonds. The van der Waals surface area contributed by atoms with E-state index in [2.05, 4.69) is 0 Å². The molecule has 0 aromatic heterocycles. The lowest BCUT2D eigenvalue weighted by molar-refractivity contribution is -0.0461. The third-order valence-electron chi connectivity index (χ3n) is 5.14. The van der Waals surface area contributed by atoms with Gasteiger partial charge in [-0.15, -0.1) is 0 Å². The van der Waals surface area contributed by atoms with E-state index in [-0.39, 0.29) is 35.3 Å². The van der Waals surface area contributed by atoms with Gasteiger partial charge in [0.05, 0.1) is 38.0 Å². The molecular formula is C18H24FNO4. The second-order valence-electron chi connectivity index (χ2n) is 6.33. The van der Waals surface area contributed by atoms with Crippen molar-refractivity contribution in [2.24, 2.45) is 5.92 Å². The number of amides is 1. The second-order valence-corrected chi connectivity index (χ2v) is 6.33. The molecule has 1 aromatic carbocycles. The summed E-state index contributed by atoms with van der Waals surface area (Å²) in [4.78, 5) is 14.7. The standard InChI is InChI=1S/C18H24FNO4/c1-22-15-7-3-5-12(15)14-11-24-10-9-20(14)18(21)13-6-4-8-16(23-2)17(13)19/h4,6,8,12,14-15H,3,5,7,9-11H2,1-2H3. The molecule has 0 spiro atoms. The van der Waals surface area contributed by atoms with E-state index in [1.165, 1.54) is 19.2 Å². The van der Waals surface area contributed by atoms with Crippen molar-refractivity contribution in [2.75, 3.05) is 34.0 Å². The molecule has 1 saturated carbocycles. The normalized spacial score (nSPS) is 27.3. The van der Waals surface area contributed by atoms with Gasteiger partial charge in [-0.05, 0) is 25.0 Å². The Labute approximate surface area is 141 Å². The van der Waals surface area contributed by atoms with Gasteiger partial charge in [-0.1, -0.05) is 12.5 Å². The van der Waals surface area contributed by atoms with Crippen molar-refractivity contribution in [3.05, 3.63) is 29.6 Å². The summed E-state index contributed by atoms with van der Waals surface area (Å²) < 4.78 is 30.7. The highest BCUT2D eigenvalue weighted by Gasteiger charge is 2.41. The van der Waals surface area contributed by atoms with Gasteiger partial charge in [-0.3, -0.25) is 4.79 Å². The smallest absolute Gasteiger partial charge is 0.257 e. The quantitative estimate of drug-likeness (QED) is 0.847. The molecule has 1 heterocycles. The van der Waals surface area contributed by atoms with Gasteiger partial charge in [0.25, 0.3) is 5.91 Å². The van der Waals surface area contributed by atoms with Crippen LogP contribution in [0.4, 0.5) is 4.39 Å². The average Bonchev–Trinajstić information content (AvgIpc) is 3.10. The van der Waals surface area contributed by atoms with E-state index in [1.54, 1.807) is 18.1 Å². The minimum atomic E-state index is -0.607. The Balaban J connectivity index is 1.86. The number of rotatable bonds is 4. The molecule has 3 rings (SSSR count). The summed E-state index contributed by atoms with van der Waals surface area (Å²) in [5.41, 5.74) is 0.0493. The summed E-state index contributed by atoms with van der Waals surface area (Å²) >= 11 is 0. The topological polar surface area (TPSA) is 48.0 Å². The Kier molecular flexibility index (Phi) is 5.36. The maximum absolute atomic E-state index is 14.5. The Morgan fingerprint density at radius 3 is 2.92 bits per heavy atom. The lowest BCUT2D eigenvalue weighted by Crippen LogP contribution is -2.54. The van der Waals surface area contributed by atoms with Gasteiger partial charge in [0.15, 0.2) is 11.6 Å². The predicted octanol–water partition coefficient (Wildman–Crippen LogP) is 2.49. The zero-order valence-corrected chi connectivity index (χ0v) is 14.2. The van der Waals surface area contributed by atoms with E-state index in [0.717, 1.165) is 19.3 Å².